The van der Waals surface area contributed by atoms with Crippen LogP contribution in [0.2, 0.25) is 0 Å². The Morgan fingerprint density at radius 3 is 2.37 bits per heavy atom. The summed E-state index contributed by atoms with van der Waals surface area (Å²) in [5.41, 5.74) is 1.84. The van der Waals surface area contributed by atoms with Crippen LogP contribution in [0.25, 0.3) is 10.6 Å². The molecule has 30 heavy (non-hydrogen) atoms. The van der Waals surface area contributed by atoms with Crippen molar-refractivity contribution in [2.75, 3.05) is 14.2 Å². The van der Waals surface area contributed by atoms with E-state index in [0.29, 0.717) is 16.5 Å². The van der Waals surface area contributed by atoms with E-state index in [2.05, 4.69) is 10.3 Å². The average molecular weight is 448 g/mol. The van der Waals surface area contributed by atoms with Crippen LogP contribution in [-0.2, 0) is 10.0 Å². The van der Waals surface area contributed by atoms with E-state index < -0.39 is 10.0 Å². The number of nitrogens with zero attached hydrogens (tertiary/aromatic N) is 1. The Morgan fingerprint density at radius 2 is 1.77 bits per heavy atom. The first-order valence-corrected chi connectivity index (χ1v) is 11.3. The highest BCUT2D eigenvalue weighted by Gasteiger charge is 2.17. The Bertz CT molecular complexity index is 1160. The first kappa shape index (κ1) is 21.8. The number of aromatic nitrogens is 1. The Hall–Kier alpha value is -2.95. The van der Waals surface area contributed by atoms with Gasteiger partial charge in [-0.25, -0.2) is 18.5 Å². The van der Waals surface area contributed by atoms with Gasteiger partial charge in [0.1, 0.15) is 10.7 Å². The highest BCUT2D eigenvalue weighted by Crippen LogP contribution is 2.33. The van der Waals surface area contributed by atoms with Gasteiger partial charge in [-0.2, -0.15) is 0 Å². The highest BCUT2D eigenvalue weighted by atomic mass is 32.2. The topological polar surface area (TPSA) is 121 Å². The molecule has 0 aliphatic heterocycles. The van der Waals surface area contributed by atoms with Crippen LogP contribution in [0, 0.1) is 0 Å². The van der Waals surface area contributed by atoms with Gasteiger partial charge in [0.15, 0.2) is 11.5 Å². The van der Waals surface area contributed by atoms with Gasteiger partial charge in [-0.15, -0.1) is 11.3 Å². The molecule has 1 atom stereocenters. The summed E-state index contributed by atoms with van der Waals surface area (Å²) in [6.07, 6.45) is 0. The van der Waals surface area contributed by atoms with Gasteiger partial charge in [-0.3, -0.25) is 4.79 Å². The summed E-state index contributed by atoms with van der Waals surface area (Å²) in [4.78, 5) is 17.0. The maximum atomic E-state index is 12.6. The Balaban J connectivity index is 1.73. The number of nitrogens with one attached hydrogen (secondary N) is 1. The number of thiazole rings is 1. The molecule has 0 radical (unpaired) electrons. The van der Waals surface area contributed by atoms with Crippen molar-refractivity contribution in [1.29, 1.82) is 0 Å². The number of nitrogens with two attached hydrogens (primary N) is 1. The third-order valence-electron chi connectivity index (χ3n) is 4.42. The van der Waals surface area contributed by atoms with Crippen LogP contribution in [0.1, 0.15) is 29.0 Å². The number of primary sulfonamides is 1. The fourth-order valence-electron chi connectivity index (χ4n) is 2.78. The molecular weight excluding hydrogens is 426 g/mol. The number of hydrogen-bond donors (Lipinski definition) is 2. The van der Waals surface area contributed by atoms with Gasteiger partial charge in [-0.1, -0.05) is 12.1 Å². The molecule has 10 heteroatoms. The minimum Gasteiger partial charge on any atom is -0.493 e. The fourth-order valence-corrected chi connectivity index (χ4v) is 4.09. The summed E-state index contributed by atoms with van der Waals surface area (Å²) in [5.74, 6) is 0.854. The lowest BCUT2D eigenvalue weighted by Crippen LogP contribution is -2.27. The summed E-state index contributed by atoms with van der Waals surface area (Å²) >= 11 is 1.34. The van der Waals surface area contributed by atoms with Gasteiger partial charge in [0.25, 0.3) is 5.91 Å². The summed E-state index contributed by atoms with van der Waals surface area (Å²) in [6, 6.07) is 11.1. The Kier molecular flexibility index (Phi) is 6.40. The van der Waals surface area contributed by atoms with Crippen molar-refractivity contribution in [3.63, 3.8) is 0 Å². The van der Waals surface area contributed by atoms with E-state index in [1.165, 1.54) is 23.5 Å². The Morgan fingerprint density at radius 1 is 1.10 bits per heavy atom. The molecule has 8 nitrogen and oxygen atoms in total. The second-order valence-electron chi connectivity index (χ2n) is 6.42. The minimum atomic E-state index is -3.76. The zero-order valence-corrected chi connectivity index (χ0v) is 18.2. The van der Waals surface area contributed by atoms with E-state index in [9.17, 15) is 13.2 Å². The van der Waals surface area contributed by atoms with Crippen molar-refractivity contribution in [2.45, 2.75) is 17.9 Å². The van der Waals surface area contributed by atoms with Crippen LogP contribution in [0.15, 0.2) is 52.7 Å². The van der Waals surface area contributed by atoms with E-state index in [1.807, 2.05) is 6.07 Å². The van der Waals surface area contributed by atoms with Crippen molar-refractivity contribution >= 4 is 27.3 Å². The van der Waals surface area contributed by atoms with Crippen LogP contribution in [-0.4, -0.2) is 33.5 Å². The molecule has 0 aliphatic rings. The lowest BCUT2D eigenvalue weighted by Gasteiger charge is -2.13. The second-order valence-corrected chi connectivity index (χ2v) is 8.84. The van der Waals surface area contributed by atoms with Gasteiger partial charge in [-0.05, 0) is 42.8 Å². The maximum Gasteiger partial charge on any atom is 0.271 e. The van der Waals surface area contributed by atoms with Gasteiger partial charge in [0.2, 0.25) is 10.0 Å². The van der Waals surface area contributed by atoms with Gasteiger partial charge in [0, 0.05) is 10.9 Å². The number of methoxy groups -OCH3 is 2. The van der Waals surface area contributed by atoms with E-state index in [0.717, 1.165) is 11.1 Å². The van der Waals surface area contributed by atoms with Crippen molar-refractivity contribution in [2.24, 2.45) is 5.14 Å². The van der Waals surface area contributed by atoms with E-state index in [1.54, 1.807) is 50.8 Å². The maximum absolute atomic E-state index is 12.6. The fraction of sp³-hybridized carbons (Fsp3) is 0.200. The molecule has 0 aliphatic carbocycles. The molecule has 0 unspecified atom stereocenters. The molecule has 158 valence electrons. The number of benzene rings is 2. The molecule has 0 saturated carbocycles. The normalized spacial score (nSPS) is 12.3. The highest BCUT2D eigenvalue weighted by molar-refractivity contribution is 7.89. The Labute approximate surface area is 178 Å². The van der Waals surface area contributed by atoms with Crippen molar-refractivity contribution in [3.8, 4) is 22.1 Å². The largest absolute Gasteiger partial charge is 0.493 e. The van der Waals surface area contributed by atoms with Crippen LogP contribution in [0.3, 0.4) is 0 Å². The number of amides is 1. The van der Waals surface area contributed by atoms with Crippen LogP contribution >= 0.6 is 11.3 Å². The molecule has 1 amide bonds. The molecule has 0 bridgehead atoms. The lowest BCUT2D eigenvalue weighted by molar-refractivity contribution is 0.0935. The molecule has 0 saturated heterocycles. The number of sulfonamides is 1. The van der Waals surface area contributed by atoms with Gasteiger partial charge >= 0.3 is 0 Å². The summed E-state index contributed by atoms with van der Waals surface area (Å²) in [7, 11) is -0.640. The van der Waals surface area contributed by atoms with E-state index in [-0.39, 0.29) is 22.5 Å². The third-order valence-corrected chi connectivity index (χ3v) is 6.24. The zero-order valence-electron chi connectivity index (χ0n) is 16.6. The number of carbonyl (C=O) groups is 1. The molecule has 2 aromatic carbocycles. The summed E-state index contributed by atoms with van der Waals surface area (Å²) in [6.45, 7) is 1.80. The van der Waals surface area contributed by atoms with Crippen LogP contribution in [0.5, 0.6) is 11.5 Å². The number of hydrogen-bond acceptors (Lipinski definition) is 7. The van der Waals surface area contributed by atoms with Crippen molar-refractivity contribution in [1.82, 2.24) is 10.3 Å². The number of ether oxygens (including phenoxy) is 2. The minimum absolute atomic E-state index is 0.0174. The first-order chi connectivity index (χ1) is 14.2. The molecule has 3 N–H and O–H groups in total. The smallest absolute Gasteiger partial charge is 0.271 e. The van der Waals surface area contributed by atoms with Gasteiger partial charge < -0.3 is 14.8 Å². The predicted molar refractivity (Wildman–Crippen MR) is 114 cm³/mol. The monoisotopic (exact) mass is 447 g/mol. The van der Waals surface area contributed by atoms with Crippen molar-refractivity contribution < 1.29 is 22.7 Å². The average Bonchev–Trinajstić information content (AvgIpc) is 3.23. The molecule has 0 spiro atoms. The quantitative estimate of drug-likeness (QED) is 0.574. The number of carbonyl (C=O) groups excluding carboxylic acids is 1. The van der Waals surface area contributed by atoms with E-state index in [4.69, 9.17) is 14.6 Å². The molecule has 1 aromatic heterocycles. The molecule has 0 fully saturated rings. The second kappa shape index (κ2) is 8.82. The first-order valence-electron chi connectivity index (χ1n) is 8.84. The van der Waals surface area contributed by atoms with Gasteiger partial charge in [0.05, 0.1) is 25.2 Å². The lowest BCUT2D eigenvalue weighted by atomic mass is 10.1. The summed E-state index contributed by atoms with van der Waals surface area (Å²) in [5, 5.41) is 10.3. The number of rotatable bonds is 7. The van der Waals surface area contributed by atoms with E-state index >= 15 is 0 Å². The SMILES string of the molecule is COc1ccc(-c2nc(C(=O)N[C@@H](C)c3ccc(S(N)(=O)=O)cc3)cs2)cc1OC. The molecule has 3 aromatic rings. The third kappa shape index (κ3) is 4.78. The molecule has 3 rings (SSSR count). The van der Waals surface area contributed by atoms with Crippen molar-refractivity contribution in [3.05, 3.63) is 59.1 Å². The zero-order chi connectivity index (χ0) is 21.9. The summed E-state index contributed by atoms with van der Waals surface area (Å²) < 4.78 is 33.3. The van der Waals surface area contributed by atoms with Crippen LogP contribution in [0.4, 0.5) is 0 Å². The standard InChI is InChI=1S/C20H21N3O5S2/c1-12(13-4-7-15(8-5-13)30(21,25)26)22-19(24)16-11-29-20(23-16)14-6-9-17(27-2)18(10-14)28-3/h4-12H,1-3H3,(H,22,24)(H2,21,25,26)/t12-/m0/s1. The molecule has 1 heterocycles. The molecular formula is C20H21N3O5S2. The predicted octanol–water partition coefficient (Wildman–Crippen LogP) is 2.97. The van der Waals surface area contributed by atoms with Crippen LogP contribution < -0.4 is 19.9 Å².